The first-order chi connectivity index (χ1) is 8.18. The lowest BCUT2D eigenvalue weighted by Gasteiger charge is -2.31. The number of hydrogen-bond donors (Lipinski definition) is 0. The molecular weight excluding hydrogens is 212 g/mol. The molecule has 0 bridgehead atoms. The summed E-state index contributed by atoms with van der Waals surface area (Å²) in [7, 11) is 0. The van der Waals surface area contributed by atoms with Gasteiger partial charge in [0.1, 0.15) is 5.60 Å². The summed E-state index contributed by atoms with van der Waals surface area (Å²) in [4.78, 5) is 10.7. The third-order valence-electron chi connectivity index (χ3n) is 3.12. The van der Waals surface area contributed by atoms with Crippen LogP contribution in [0.2, 0.25) is 0 Å². The van der Waals surface area contributed by atoms with Crippen molar-refractivity contribution >= 4 is 6.47 Å². The molecule has 0 aliphatic heterocycles. The van der Waals surface area contributed by atoms with Crippen LogP contribution in [-0.2, 0) is 15.1 Å². The van der Waals surface area contributed by atoms with E-state index in [2.05, 4.69) is 45.0 Å². The largest absolute Gasteiger partial charge is 0.446 e. The monoisotopic (exact) mass is 233 g/mol. The van der Waals surface area contributed by atoms with Gasteiger partial charge in [0.2, 0.25) is 0 Å². The molecule has 93 valence electrons. The number of hydrogen-bond acceptors (Lipinski definition) is 2. The Morgan fingerprint density at radius 2 is 1.65 bits per heavy atom. The summed E-state index contributed by atoms with van der Waals surface area (Å²) in [5, 5.41) is 0. The molecule has 0 heterocycles. The van der Waals surface area contributed by atoms with Crippen molar-refractivity contribution in [2.24, 2.45) is 0 Å². The van der Waals surface area contributed by atoms with E-state index in [4.69, 9.17) is 4.74 Å². The van der Waals surface area contributed by atoms with Crippen molar-refractivity contribution in [1.82, 2.24) is 0 Å². The smallest absolute Gasteiger partial charge is 0.418 e. The predicted octanol–water partition coefficient (Wildman–Crippen LogP) is 3.87. The van der Waals surface area contributed by atoms with Crippen molar-refractivity contribution in [1.29, 1.82) is 0 Å². The molecule has 0 N–H and O–H groups in total. The molecule has 2 heteroatoms. The summed E-state index contributed by atoms with van der Waals surface area (Å²) in [6.45, 7) is 7.90. The van der Waals surface area contributed by atoms with Crippen LogP contribution in [-0.4, -0.2) is 6.47 Å². The molecule has 0 spiro atoms. The minimum Gasteiger partial charge on any atom is -0.446 e. The maximum atomic E-state index is 10.7. The molecule has 1 rings (SSSR count). The van der Waals surface area contributed by atoms with E-state index in [0.717, 1.165) is 31.2 Å². The molecule has 0 aromatic heterocycles. The molecular formula is C15H21O2. The molecule has 0 saturated heterocycles. The fourth-order valence-electron chi connectivity index (χ4n) is 2.32. The normalized spacial score (nSPS) is 11.2. The van der Waals surface area contributed by atoms with Crippen LogP contribution in [0.3, 0.4) is 0 Å². The van der Waals surface area contributed by atoms with Crippen molar-refractivity contribution in [3.63, 3.8) is 0 Å². The van der Waals surface area contributed by atoms with E-state index >= 15 is 0 Å². The predicted molar refractivity (Wildman–Crippen MR) is 69.5 cm³/mol. The van der Waals surface area contributed by atoms with Crippen LogP contribution >= 0.6 is 0 Å². The van der Waals surface area contributed by atoms with Crippen molar-refractivity contribution in [3.05, 3.63) is 35.4 Å². The highest BCUT2D eigenvalue weighted by Crippen LogP contribution is 2.35. The zero-order valence-corrected chi connectivity index (χ0v) is 11.0. The van der Waals surface area contributed by atoms with Gasteiger partial charge in [0.15, 0.2) is 0 Å². The molecule has 1 radical (unpaired) electrons. The van der Waals surface area contributed by atoms with E-state index in [9.17, 15) is 4.79 Å². The maximum absolute atomic E-state index is 10.7. The fraction of sp³-hybridized carbons (Fsp3) is 0.533. The van der Waals surface area contributed by atoms with E-state index in [-0.39, 0.29) is 0 Å². The Bertz CT molecular complexity index is 334. The Morgan fingerprint density at radius 1 is 1.12 bits per heavy atom. The van der Waals surface area contributed by atoms with E-state index in [0.29, 0.717) is 0 Å². The second-order valence-electron chi connectivity index (χ2n) is 4.55. The summed E-state index contributed by atoms with van der Waals surface area (Å²) in [6.07, 6.45) is 3.66. The second-order valence-corrected chi connectivity index (χ2v) is 4.55. The van der Waals surface area contributed by atoms with Gasteiger partial charge in [-0.1, -0.05) is 56.5 Å². The van der Waals surface area contributed by atoms with Crippen molar-refractivity contribution in [2.45, 2.75) is 52.1 Å². The Labute approximate surface area is 104 Å². The lowest BCUT2D eigenvalue weighted by atomic mass is 9.84. The molecule has 0 aliphatic rings. The highest BCUT2D eigenvalue weighted by atomic mass is 16.5. The summed E-state index contributed by atoms with van der Waals surface area (Å²) in [5.41, 5.74) is 1.81. The zero-order chi connectivity index (χ0) is 12.7. The van der Waals surface area contributed by atoms with Crippen LogP contribution in [0, 0.1) is 6.92 Å². The topological polar surface area (TPSA) is 26.3 Å². The van der Waals surface area contributed by atoms with Gasteiger partial charge in [-0.05, 0) is 25.3 Å². The van der Waals surface area contributed by atoms with Crippen LogP contribution in [0.15, 0.2) is 24.3 Å². The van der Waals surface area contributed by atoms with E-state index < -0.39 is 5.60 Å². The van der Waals surface area contributed by atoms with Crippen LogP contribution < -0.4 is 0 Å². The first kappa shape index (κ1) is 13.8. The summed E-state index contributed by atoms with van der Waals surface area (Å²) >= 11 is 0. The van der Waals surface area contributed by atoms with Crippen molar-refractivity contribution in [2.75, 3.05) is 0 Å². The quantitative estimate of drug-likeness (QED) is 0.714. The summed E-state index contributed by atoms with van der Waals surface area (Å²) < 4.78 is 5.33. The third kappa shape index (κ3) is 3.32. The first-order valence-corrected chi connectivity index (χ1v) is 6.31. The number of rotatable bonds is 7. The molecule has 1 aromatic carbocycles. The maximum Gasteiger partial charge on any atom is 0.418 e. The number of benzene rings is 1. The molecule has 2 nitrogen and oxygen atoms in total. The summed E-state index contributed by atoms with van der Waals surface area (Å²) in [6, 6.07) is 8.23. The molecule has 17 heavy (non-hydrogen) atoms. The van der Waals surface area contributed by atoms with Crippen LogP contribution in [0.5, 0.6) is 0 Å². The molecule has 0 atom stereocenters. The molecule has 1 aromatic rings. The minimum atomic E-state index is -0.487. The SMILES string of the molecule is CCCC(CCC)(O[C]=O)c1ccc(C)cc1. The molecule has 0 saturated carbocycles. The van der Waals surface area contributed by atoms with Crippen LogP contribution in [0.25, 0.3) is 0 Å². The van der Waals surface area contributed by atoms with Gasteiger partial charge in [0, 0.05) is 0 Å². The standard InChI is InChI=1S/C15H21O2/c1-4-10-15(11-5-2,17-12-16)14-8-6-13(3)7-9-14/h6-9H,4-5,10-11H2,1-3H3. The number of aryl methyl sites for hydroxylation is 1. The highest BCUT2D eigenvalue weighted by molar-refractivity contribution is 5.41. The fourth-order valence-corrected chi connectivity index (χ4v) is 2.32. The van der Waals surface area contributed by atoms with Gasteiger partial charge in [0.05, 0.1) is 0 Å². The van der Waals surface area contributed by atoms with Gasteiger partial charge in [-0.3, -0.25) is 0 Å². The first-order valence-electron chi connectivity index (χ1n) is 6.31. The van der Waals surface area contributed by atoms with Gasteiger partial charge in [-0.25, -0.2) is 4.79 Å². The minimum absolute atomic E-state index is 0.487. The van der Waals surface area contributed by atoms with Gasteiger partial charge in [-0.15, -0.1) is 0 Å². The highest BCUT2D eigenvalue weighted by Gasteiger charge is 2.32. The summed E-state index contributed by atoms with van der Waals surface area (Å²) in [5.74, 6) is 0. The molecule has 0 fully saturated rings. The van der Waals surface area contributed by atoms with Gasteiger partial charge in [-0.2, -0.15) is 0 Å². The van der Waals surface area contributed by atoms with Gasteiger partial charge >= 0.3 is 6.47 Å². The molecule has 0 unspecified atom stereocenters. The van der Waals surface area contributed by atoms with E-state index in [1.54, 1.807) is 6.47 Å². The average Bonchev–Trinajstić information content (AvgIpc) is 2.30. The Kier molecular flexibility index (Phi) is 5.20. The Morgan fingerprint density at radius 3 is 2.06 bits per heavy atom. The third-order valence-corrected chi connectivity index (χ3v) is 3.12. The number of ether oxygens (including phenoxy) is 1. The van der Waals surface area contributed by atoms with Crippen LogP contribution in [0.1, 0.15) is 50.7 Å². The Hall–Kier alpha value is -1.31. The lowest BCUT2D eigenvalue weighted by Crippen LogP contribution is -2.29. The Balaban J connectivity index is 3.08. The van der Waals surface area contributed by atoms with Crippen molar-refractivity contribution in [3.8, 4) is 0 Å². The molecule has 0 aliphatic carbocycles. The van der Waals surface area contributed by atoms with Crippen LogP contribution in [0.4, 0.5) is 0 Å². The second kappa shape index (κ2) is 6.43. The van der Waals surface area contributed by atoms with Gasteiger partial charge in [0.25, 0.3) is 0 Å². The van der Waals surface area contributed by atoms with E-state index in [1.165, 1.54) is 5.56 Å². The van der Waals surface area contributed by atoms with E-state index in [1.807, 2.05) is 0 Å². The molecule has 0 amide bonds. The number of carbonyl (C=O) groups excluding carboxylic acids is 1. The zero-order valence-electron chi connectivity index (χ0n) is 11.0. The van der Waals surface area contributed by atoms with Gasteiger partial charge < -0.3 is 4.74 Å². The lowest BCUT2D eigenvalue weighted by molar-refractivity contribution is 0.0284. The average molecular weight is 233 g/mol. The van der Waals surface area contributed by atoms with Crippen molar-refractivity contribution < 1.29 is 9.53 Å².